The lowest BCUT2D eigenvalue weighted by molar-refractivity contribution is 0.324. The van der Waals surface area contributed by atoms with Crippen molar-refractivity contribution in [1.29, 1.82) is 5.26 Å². The average molecular weight is 418 g/mol. The highest BCUT2D eigenvalue weighted by molar-refractivity contribution is 5.81. The number of pyridine rings is 1. The number of aromatic nitrogens is 1. The first kappa shape index (κ1) is 22.0. The monoisotopic (exact) mass is 417 g/mol. The van der Waals surface area contributed by atoms with Crippen LogP contribution in [0.4, 0.5) is 5.82 Å². The van der Waals surface area contributed by atoms with E-state index in [1.54, 1.807) is 21.3 Å². The van der Waals surface area contributed by atoms with Gasteiger partial charge in [0.1, 0.15) is 17.5 Å². The van der Waals surface area contributed by atoms with Crippen molar-refractivity contribution in [3.05, 3.63) is 53.6 Å². The molecule has 31 heavy (non-hydrogen) atoms. The SMILES string of the molecule is COc1cc(-c2cc(-c3ccc(C(C)(C)C)cc3)c(C#N)c(N)n2)cc(OC)c1OC. The van der Waals surface area contributed by atoms with Gasteiger partial charge in [0.25, 0.3) is 0 Å². The number of methoxy groups -OCH3 is 3. The predicted molar refractivity (Wildman–Crippen MR) is 123 cm³/mol. The molecule has 3 aromatic rings. The largest absolute Gasteiger partial charge is 0.493 e. The van der Waals surface area contributed by atoms with Crippen LogP contribution in [0, 0.1) is 11.3 Å². The Bertz CT molecular complexity index is 1120. The van der Waals surface area contributed by atoms with Crippen LogP contribution in [-0.2, 0) is 5.41 Å². The van der Waals surface area contributed by atoms with Crippen LogP contribution in [0.5, 0.6) is 17.2 Å². The molecule has 0 fully saturated rings. The van der Waals surface area contributed by atoms with Gasteiger partial charge in [0.2, 0.25) is 5.75 Å². The van der Waals surface area contributed by atoms with Crippen LogP contribution >= 0.6 is 0 Å². The maximum absolute atomic E-state index is 9.71. The zero-order valence-corrected chi connectivity index (χ0v) is 18.7. The Labute approximate surface area is 183 Å². The van der Waals surface area contributed by atoms with E-state index in [0.29, 0.717) is 28.5 Å². The minimum atomic E-state index is 0.0369. The highest BCUT2D eigenvalue weighted by atomic mass is 16.5. The normalized spacial score (nSPS) is 11.0. The maximum atomic E-state index is 9.71. The number of nitrogens with zero attached hydrogens (tertiary/aromatic N) is 2. The Hall–Kier alpha value is -3.72. The standard InChI is InChI=1S/C25H27N3O3/c1-25(2,3)17-9-7-15(8-10-17)18-13-20(28-24(27)19(18)14-26)16-11-21(29-4)23(31-6)22(12-16)30-5/h7-13H,1-6H3,(H2,27,28). The van der Waals surface area contributed by atoms with Crippen LogP contribution in [0.2, 0.25) is 0 Å². The van der Waals surface area contributed by atoms with E-state index in [4.69, 9.17) is 19.9 Å². The molecule has 2 N–H and O–H groups in total. The molecule has 6 nitrogen and oxygen atoms in total. The molecule has 6 heteroatoms. The number of nitrogen functional groups attached to an aromatic ring is 1. The van der Waals surface area contributed by atoms with E-state index in [1.165, 1.54) is 5.56 Å². The van der Waals surface area contributed by atoms with E-state index in [9.17, 15) is 5.26 Å². The minimum Gasteiger partial charge on any atom is -0.493 e. The van der Waals surface area contributed by atoms with Crippen molar-refractivity contribution in [1.82, 2.24) is 4.98 Å². The molecule has 0 spiro atoms. The summed E-state index contributed by atoms with van der Waals surface area (Å²) in [5.41, 5.74) is 10.7. The van der Waals surface area contributed by atoms with Gasteiger partial charge in [0.05, 0.1) is 27.0 Å². The Balaban J connectivity index is 2.20. The summed E-state index contributed by atoms with van der Waals surface area (Å²) < 4.78 is 16.3. The van der Waals surface area contributed by atoms with E-state index in [-0.39, 0.29) is 11.2 Å². The zero-order valence-electron chi connectivity index (χ0n) is 18.7. The zero-order chi connectivity index (χ0) is 22.8. The smallest absolute Gasteiger partial charge is 0.203 e. The average Bonchev–Trinajstić information content (AvgIpc) is 2.76. The van der Waals surface area contributed by atoms with Gasteiger partial charge in [-0.05, 0) is 34.7 Å². The molecular formula is C25H27N3O3. The predicted octanol–water partition coefficient (Wildman–Crippen LogP) is 5.19. The van der Waals surface area contributed by atoms with Gasteiger partial charge in [-0.2, -0.15) is 5.26 Å². The molecule has 0 radical (unpaired) electrons. The van der Waals surface area contributed by atoms with Gasteiger partial charge < -0.3 is 19.9 Å². The molecule has 3 rings (SSSR count). The topological polar surface area (TPSA) is 90.4 Å². The fourth-order valence-corrected chi connectivity index (χ4v) is 3.44. The molecule has 0 aliphatic carbocycles. The summed E-state index contributed by atoms with van der Waals surface area (Å²) in [6.07, 6.45) is 0. The molecule has 0 aliphatic heterocycles. The number of hydrogen-bond acceptors (Lipinski definition) is 6. The Morgan fingerprint density at radius 3 is 1.90 bits per heavy atom. The van der Waals surface area contributed by atoms with E-state index in [1.807, 2.05) is 30.3 Å². The summed E-state index contributed by atoms with van der Waals surface area (Å²) in [5.74, 6) is 1.69. The fraction of sp³-hybridized carbons (Fsp3) is 0.280. The number of benzene rings is 2. The first-order valence-electron chi connectivity index (χ1n) is 9.85. The van der Waals surface area contributed by atoms with Gasteiger partial charge in [-0.3, -0.25) is 0 Å². The third kappa shape index (κ3) is 4.26. The summed E-state index contributed by atoms with van der Waals surface area (Å²) >= 11 is 0. The fourth-order valence-electron chi connectivity index (χ4n) is 3.44. The van der Waals surface area contributed by atoms with Crippen LogP contribution in [0.25, 0.3) is 22.4 Å². The van der Waals surface area contributed by atoms with Crippen LogP contribution in [0.3, 0.4) is 0 Å². The lowest BCUT2D eigenvalue weighted by Gasteiger charge is -2.19. The lowest BCUT2D eigenvalue weighted by atomic mass is 9.86. The van der Waals surface area contributed by atoms with E-state index in [2.05, 4.69) is 44.0 Å². The number of nitriles is 1. The van der Waals surface area contributed by atoms with Crippen LogP contribution in [0.15, 0.2) is 42.5 Å². The second kappa shape index (κ2) is 8.57. The molecule has 2 aromatic carbocycles. The van der Waals surface area contributed by atoms with Gasteiger partial charge in [0.15, 0.2) is 11.5 Å². The van der Waals surface area contributed by atoms with E-state index in [0.717, 1.165) is 16.7 Å². The van der Waals surface area contributed by atoms with Gasteiger partial charge in [-0.15, -0.1) is 0 Å². The van der Waals surface area contributed by atoms with Crippen LogP contribution in [-0.4, -0.2) is 26.3 Å². The van der Waals surface area contributed by atoms with Gasteiger partial charge in [-0.1, -0.05) is 45.0 Å². The number of anilines is 1. The first-order chi connectivity index (χ1) is 14.7. The summed E-state index contributed by atoms with van der Waals surface area (Å²) in [7, 11) is 4.67. The van der Waals surface area contributed by atoms with Crippen molar-refractivity contribution < 1.29 is 14.2 Å². The summed E-state index contributed by atoms with van der Waals surface area (Å²) in [5, 5.41) is 9.71. The molecule has 1 aromatic heterocycles. The summed E-state index contributed by atoms with van der Waals surface area (Å²) in [6.45, 7) is 6.49. The molecule has 1 heterocycles. The van der Waals surface area contributed by atoms with Gasteiger partial charge in [-0.25, -0.2) is 4.98 Å². The van der Waals surface area contributed by atoms with Crippen LogP contribution in [0.1, 0.15) is 31.9 Å². The van der Waals surface area contributed by atoms with E-state index >= 15 is 0 Å². The number of ether oxygens (including phenoxy) is 3. The van der Waals surface area contributed by atoms with Crippen molar-refractivity contribution in [3.63, 3.8) is 0 Å². The second-order valence-corrected chi connectivity index (χ2v) is 8.17. The molecule has 0 saturated carbocycles. The quantitative estimate of drug-likeness (QED) is 0.614. The number of hydrogen-bond donors (Lipinski definition) is 1. The Morgan fingerprint density at radius 1 is 0.871 bits per heavy atom. The minimum absolute atomic E-state index is 0.0369. The summed E-state index contributed by atoms with van der Waals surface area (Å²) in [6, 6.07) is 15.8. The number of rotatable bonds is 5. The van der Waals surface area contributed by atoms with Crippen molar-refractivity contribution in [2.24, 2.45) is 0 Å². The molecule has 0 amide bonds. The third-order valence-corrected chi connectivity index (χ3v) is 5.18. The van der Waals surface area contributed by atoms with Crippen molar-refractivity contribution >= 4 is 5.82 Å². The molecule has 0 bridgehead atoms. The summed E-state index contributed by atoms with van der Waals surface area (Å²) in [4.78, 5) is 4.47. The highest BCUT2D eigenvalue weighted by Gasteiger charge is 2.19. The van der Waals surface area contributed by atoms with E-state index < -0.39 is 0 Å². The second-order valence-electron chi connectivity index (χ2n) is 8.17. The van der Waals surface area contributed by atoms with Crippen molar-refractivity contribution in [2.45, 2.75) is 26.2 Å². The molecule has 0 unspecified atom stereocenters. The molecule has 0 saturated heterocycles. The lowest BCUT2D eigenvalue weighted by Crippen LogP contribution is -2.10. The molecule has 0 atom stereocenters. The van der Waals surface area contributed by atoms with Crippen molar-refractivity contribution in [3.8, 4) is 45.7 Å². The third-order valence-electron chi connectivity index (χ3n) is 5.18. The molecule has 160 valence electrons. The van der Waals surface area contributed by atoms with Gasteiger partial charge >= 0.3 is 0 Å². The van der Waals surface area contributed by atoms with Crippen LogP contribution < -0.4 is 19.9 Å². The highest BCUT2D eigenvalue weighted by Crippen LogP contribution is 2.42. The molecule has 0 aliphatic rings. The Morgan fingerprint density at radius 2 is 1.45 bits per heavy atom. The molecular weight excluding hydrogens is 390 g/mol. The van der Waals surface area contributed by atoms with Crippen molar-refractivity contribution in [2.75, 3.05) is 27.1 Å². The first-order valence-corrected chi connectivity index (χ1v) is 9.85. The van der Waals surface area contributed by atoms with Gasteiger partial charge in [0, 0.05) is 11.1 Å². The Kier molecular flexibility index (Phi) is 6.07. The maximum Gasteiger partial charge on any atom is 0.203 e. The number of nitrogens with two attached hydrogens (primary N) is 1.